The molecule has 0 radical (unpaired) electrons. The molecule has 3 nitrogen and oxygen atoms in total. The number of hydrazone groups is 1. The maximum atomic E-state index is 11.7. The molecule has 0 bridgehead atoms. The monoisotopic (exact) mass is 272 g/mol. The lowest BCUT2D eigenvalue weighted by molar-refractivity contribution is -0.120. The van der Waals surface area contributed by atoms with Crippen LogP contribution in [0.5, 0.6) is 0 Å². The first-order valence-electron chi connectivity index (χ1n) is 6.07. The van der Waals surface area contributed by atoms with Crippen molar-refractivity contribution in [3.05, 3.63) is 57.8 Å². The molecule has 0 unspecified atom stereocenters. The summed E-state index contributed by atoms with van der Waals surface area (Å²) in [7, 11) is 0. The number of aryl methyl sites for hydroxylation is 1. The summed E-state index contributed by atoms with van der Waals surface area (Å²) in [6.07, 6.45) is 0.377. The Hall–Kier alpha value is -1.94. The highest BCUT2D eigenvalue weighted by Gasteiger charge is 2.03. The molecule has 0 fully saturated rings. The van der Waals surface area contributed by atoms with Gasteiger partial charge in [-0.1, -0.05) is 35.9 Å². The Morgan fingerprint density at radius 2 is 2.00 bits per heavy atom. The summed E-state index contributed by atoms with van der Waals surface area (Å²) in [6, 6.07) is 11.9. The highest BCUT2D eigenvalue weighted by molar-refractivity contribution is 7.10. The van der Waals surface area contributed by atoms with Gasteiger partial charge in [0.05, 0.1) is 12.1 Å². The largest absolute Gasteiger partial charge is 0.273 e. The molecule has 1 aromatic carbocycles. The molecule has 0 atom stereocenters. The van der Waals surface area contributed by atoms with Crippen LogP contribution in [-0.4, -0.2) is 11.6 Å². The van der Waals surface area contributed by atoms with Crippen molar-refractivity contribution in [1.29, 1.82) is 0 Å². The van der Waals surface area contributed by atoms with Gasteiger partial charge in [-0.25, -0.2) is 5.43 Å². The summed E-state index contributed by atoms with van der Waals surface area (Å²) in [5, 5.41) is 6.09. The first kappa shape index (κ1) is 13.5. The van der Waals surface area contributed by atoms with Crippen LogP contribution >= 0.6 is 11.3 Å². The molecular formula is C15H16N2OS. The fraction of sp³-hybridized carbons (Fsp3) is 0.200. The van der Waals surface area contributed by atoms with Crippen molar-refractivity contribution >= 4 is 23.0 Å². The molecule has 0 spiro atoms. The van der Waals surface area contributed by atoms with Gasteiger partial charge in [-0.15, -0.1) is 11.3 Å². The first-order chi connectivity index (χ1) is 9.15. The van der Waals surface area contributed by atoms with E-state index in [1.807, 2.05) is 55.6 Å². The van der Waals surface area contributed by atoms with Gasteiger partial charge in [-0.3, -0.25) is 4.79 Å². The van der Waals surface area contributed by atoms with Crippen LogP contribution in [0.3, 0.4) is 0 Å². The summed E-state index contributed by atoms with van der Waals surface area (Å²) in [5.74, 6) is -0.0890. The molecule has 0 saturated heterocycles. The molecule has 1 N–H and O–H groups in total. The predicted octanol–water partition coefficient (Wildman–Crippen LogP) is 3.14. The smallest absolute Gasteiger partial charge is 0.245 e. The Labute approximate surface area is 117 Å². The van der Waals surface area contributed by atoms with E-state index in [1.165, 1.54) is 5.56 Å². The number of hydrogen-bond donors (Lipinski definition) is 1. The quantitative estimate of drug-likeness (QED) is 0.674. The van der Waals surface area contributed by atoms with Crippen LogP contribution in [0.1, 0.15) is 22.9 Å². The van der Waals surface area contributed by atoms with E-state index in [9.17, 15) is 4.79 Å². The Morgan fingerprint density at radius 3 is 2.63 bits per heavy atom. The summed E-state index contributed by atoms with van der Waals surface area (Å²) >= 11 is 1.57. The highest BCUT2D eigenvalue weighted by atomic mass is 32.1. The zero-order valence-corrected chi connectivity index (χ0v) is 11.8. The van der Waals surface area contributed by atoms with Gasteiger partial charge in [-0.2, -0.15) is 5.10 Å². The number of rotatable bonds is 4. The second-order valence-corrected chi connectivity index (χ2v) is 5.39. The van der Waals surface area contributed by atoms with Gasteiger partial charge in [0.2, 0.25) is 5.91 Å². The number of nitrogens with one attached hydrogen (secondary N) is 1. The fourth-order valence-electron chi connectivity index (χ4n) is 1.62. The van der Waals surface area contributed by atoms with E-state index in [1.54, 1.807) is 11.3 Å². The van der Waals surface area contributed by atoms with Gasteiger partial charge in [0.1, 0.15) is 0 Å². The summed E-state index contributed by atoms with van der Waals surface area (Å²) < 4.78 is 0. The summed E-state index contributed by atoms with van der Waals surface area (Å²) in [4.78, 5) is 12.7. The minimum Gasteiger partial charge on any atom is -0.273 e. The van der Waals surface area contributed by atoms with E-state index in [4.69, 9.17) is 0 Å². The molecule has 1 amide bonds. The lowest BCUT2D eigenvalue weighted by Crippen LogP contribution is -2.20. The number of carbonyl (C=O) groups is 1. The standard InChI is InChI=1S/C15H16N2OS/c1-11-5-7-13(8-6-11)12(2)16-17-15(18)10-14-4-3-9-19-14/h3-9H,10H2,1-2H3,(H,17,18). The zero-order valence-electron chi connectivity index (χ0n) is 11.0. The van der Waals surface area contributed by atoms with E-state index in [-0.39, 0.29) is 5.91 Å². The third-order valence-corrected chi connectivity index (χ3v) is 3.61. The average Bonchev–Trinajstić information content (AvgIpc) is 2.89. The summed E-state index contributed by atoms with van der Waals surface area (Å²) in [6.45, 7) is 3.93. The Balaban J connectivity index is 1.94. The van der Waals surface area contributed by atoms with Crippen LogP contribution in [0, 0.1) is 6.92 Å². The van der Waals surface area contributed by atoms with Crippen LogP contribution in [0.15, 0.2) is 46.9 Å². The molecule has 4 heteroatoms. The molecule has 19 heavy (non-hydrogen) atoms. The second-order valence-electron chi connectivity index (χ2n) is 4.35. The number of hydrogen-bond acceptors (Lipinski definition) is 3. The normalized spacial score (nSPS) is 11.4. The van der Waals surface area contributed by atoms with E-state index < -0.39 is 0 Å². The third kappa shape index (κ3) is 4.03. The Kier molecular flexibility index (Phi) is 4.47. The molecule has 0 aliphatic rings. The number of benzene rings is 1. The van der Waals surface area contributed by atoms with Crippen LogP contribution in [-0.2, 0) is 11.2 Å². The molecule has 0 aliphatic carbocycles. The van der Waals surface area contributed by atoms with Crippen molar-refractivity contribution in [2.75, 3.05) is 0 Å². The minimum atomic E-state index is -0.0890. The third-order valence-electron chi connectivity index (χ3n) is 2.73. The van der Waals surface area contributed by atoms with Gasteiger partial charge >= 0.3 is 0 Å². The topological polar surface area (TPSA) is 41.5 Å². The first-order valence-corrected chi connectivity index (χ1v) is 6.95. The SMILES string of the molecule is CC(=NNC(=O)Cc1cccs1)c1ccc(C)cc1. The fourth-order valence-corrected chi connectivity index (χ4v) is 2.32. The molecule has 0 saturated carbocycles. The molecular weight excluding hydrogens is 256 g/mol. The van der Waals surface area contributed by atoms with Crippen molar-refractivity contribution in [2.24, 2.45) is 5.10 Å². The van der Waals surface area contributed by atoms with Crippen LogP contribution in [0.25, 0.3) is 0 Å². The van der Waals surface area contributed by atoms with Crippen molar-refractivity contribution in [3.8, 4) is 0 Å². The molecule has 2 rings (SSSR count). The van der Waals surface area contributed by atoms with Gasteiger partial charge < -0.3 is 0 Å². The lowest BCUT2D eigenvalue weighted by Gasteiger charge is -2.03. The van der Waals surface area contributed by atoms with E-state index in [2.05, 4.69) is 10.5 Å². The maximum absolute atomic E-state index is 11.7. The minimum absolute atomic E-state index is 0.0890. The van der Waals surface area contributed by atoms with E-state index >= 15 is 0 Å². The zero-order chi connectivity index (χ0) is 13.7. The van der Waals surface area contributed by atoms with Crippen LogP contribution < -0.4 is 5.43 Å². The van der Waals surface area contributed by atoms with Crippen LogP contribution in [0.4, 0.5) is 0 Å². The Morgan fingerprint density at radius 1 is 1.26 bits per heavy atom. The van der Waals surface area contributed by atoms with E-state index in [0.717, 1.165) is 16.2 Å². The van der Waals surface area contributed by atoms with Crippen LogP contribution in [0.2, 0.25) is 0 Å². The number of nitrogens with zero attached hydrogens (tertiary/aromatic N) is 1. The van der Waals surface area contributed by atoms with Crippen molar-refractivity contribution in [3.63, 3.8) is 0 Å². The number of amides is 1. The Bertz CT molecular complexity index is 571. The van der Waals surface area contributed by atoms with Crippen molar-refractivity contribution < 1.29 is 4.79 Å². The van der Waals surface area contributed by atoms with Crippen molar-refractivity contribution in [2.45, 2.75) is 20.3 Å². The average molecular weight is 272 g/mol. The van der Waals surface area contributed by atoms with Gasteiger partial charge in [-0.05, 0) is 30.9 Å². The molecule has 1 heterocycles. The number of thiophene rings is 1. The highest BCUT2D eigenvalue weighted by Crippen LogP contribution is 2.09. The molecule has 98 valence electrons. The van der Waals surface area contributed by atoms with E-state index in [0.29, 0.717) is 6.42 Å². The molecule has 0 aliphatic heterocycles. The second kappa shape index (κ2) is 6.29. The van der Waals surface area contributed by atoms with Crippen molar-refractivity contribution in [1.82, 2.24) is 5.43 Å². The van der Waals surface area contributed by atoms with Gasteiger partial charge in [0.15, 0.2) is 0 Å². The van der Waals surface area contributed by atoms with Gasteiger partial charge in [0.25, 0.3) is 0 Å². The predicted molar refractivity (Wildman–Crippen MR) is 79.6 cm³/mol. The van der Waals surface area contributed by atoms with Gasteiger partial charge in [0, 0.05) is 4.88 Å². The lowest BCUT2D eigenvalue weighted by atomic mass is 10.1. The maximum Gasteiger partial charge on any atom is 0.245 e. The summed E-state index contributed by atoms with van der Waals surface area (Å²) in [5.41, 5.74) is 5.62. The molecule has 2 aromatic rings. The molecule has 1 aromatic heterocycles. The number of carbonyl (C=O) groups excluding carboxylic acids is 1.